The second kappa shape index (κ2) is 5.42. The molecule has 18 heavy (non-hydrogen) atoms. The molecule has 0 aliphatic carbocycles. The molecule has 94 valence electrons. The van der Waals surface area contributed by atoms with Crippen LogP contribution in [0.5, 0.6) is 0 Å². The number of nitrogens with one attached hydrogen (secondary N) is 2. The molecular weight excluding hydrogens is 276 g/mol. The smallest absolute Gasteiger partial charge is 0.126 e. The Morgan fingerprint density at radius 1 is 1.06 bits per heavy atom. The molecular formula is C12H10Cl2FN3. The number of hydrogen-bond acceptors (Lipinski definition) is 3. The van der Waals surface area contributed by atoms with Crippen molar-refractivity contribution in [2.75, 3.05) is 17.7 Å². The molecule has 0 amide bonds. The number of benzene rings is 1. The van der Waals surface area contributed by atoms with Crippen LogP contribution in [0.2, 0.25) is 10.0 Å². The van der Waals surface area contributed by atoms with Gasteiger partial charge < -0.3 is 10.6 Å². The largest absolute Gasteiger partial charge is 0.387 e. The zero-order chi connectivity index (χ0) is 13.1. The van der Waals surface area contributed by atoms with Crippen molar-refractivity contribution >= 4 is 40.3 Å². The van der Waals surface area contributed by atoms with Crippen molar-refractivity contribution in [3.63, 3.8) is 0 Å². The lowest BCUT2D eigenvalue weighted by molar-refractivity contribution is 0.628. The van der Waals surface area contributed by atoms with Gasteiger partial charge in [0, 0.05) is 7.05 Å². The minimum atomic E-state index is -0.474. The summed E-state index contributed by atoms with van der Waals surface area (Å²) in [6.07, 6.45) is 3.30. The lowest BCUT2D eigenvalue weighted by Crippen LogP contribution is -1.96. The topological polar surface area (TPSA) is 37.0 Å². The maximum absolute atomic E-state index is 13.0. The van der Waals surface area contributed by atoms with Crippen molar-refractivity contribution in [1.82, 2.24) is 4.98 Å². The summed E-state index contributed by atoms with van der Waals surface area (Å²) in [6.45, 7) is 0. The molecule has 0 saturated carbocycles. The predicted octanol–water partition coefficient (Wildman–Crippen LogP) is 4.31. The van der Waals surface area contributed by atoms with Crippen LogP contribution in [0.15, 0.2) is 30.6 Å². The lowest BCUT2D eigenvalue weighted by Gasteiger charge is -2.11. The fraction of sp³-hybridized carbons (Fsp3) is 0.0833. The normalized spacial score (nSPS) is 10.2. The van der Waals surface area contributed by atoms with E-state index in [1.54, 1.807) is 19.4 Å². The first-order chi connectivity index (χ1) is 8.60. The summed E-state index contributed by atoms with van der Waals surface area (Å²) in [7, 11) is 1.79. The third kappa shape index (κ3) is 2.83. The average Bonchev–Trinajstić information content (AvgIpc) is 2.34. The van der Waals surface area contributed by atoms with Gasteiger partial charge in [-0.3, -0.25) is 4.98 Å². The van der Waals surface area contributed by atoms with Crippen LogP contribution in [0.3, 0.4) is 0 Å². The van der Waals surface area contributed by atoms with Gasteiger partial charge in [-0.05, 0) is 18.2 Å². The van der Waals surface area contributed by atoms with Gasteiger partial charge in [-0.2, -0.15) is 0 Å². The number of halogens is 3. The molecule has 3 nitrogen and oxygen atoms in total. The number of hydrogen-bond donors (Lipinski definition) is 2. The Kier molecular flexibility index (Phi) is 3.89. The number of rotatable bonds is 3. The second-order valence-electron chi connectivity index (χ2n) is 3.58. The van der Waals surface area contributed by atoms with Gasteiger partial charge in [0.05, 0.1) is 39.5 Å². The first-order valence-corrected chi connectivity index (χ1v) is 5.90. The minimum Gasteiger partial charge on any atom is -0.387 e. The maximum atomic E-state index is 13.0. The third-order valence-electron chi connectivity index (χ3n) is 2.30. The summed E-state index contributed by atoms with van der Waals surface area (Å²) in [5.74, 6) is -0.474. The summed E-state index contributed by atoms with van der Waals surface area (Å²) in [6, 6.07) is 4.24. The van der Waals surface area contributed by atoms with Crippen LogP contribution in [-0.4, -0.2) is 12.0 Å². The third-order valence-corrected chi connectivity index (χ3v) is 2.90. The Bertz CT molecular complexity index is 552. The molecule has 0 atom stereocenters. The number of aromatic nitrogens is 1. The van der Waals surface area contributed by atoms with Crippen molar-refractivity contribution < 1.29 is 4.39 Å². The van der Waals surface area contributed by atoms with Gasteiger partial charge in [0.25, 0.3) is 0 Å². The summed E-state index contributed by atoms with van der Waals surface area (Å²) in [5, 5.41) is 6.41. The molecule has 1 aromatic carbocycles. The zero-order valence-corrected chi connectivity index (χ0v) is 11.0. The van der Waals surface area contributed by atoms with Crippen LogP contribution in [0.4, 0.5) is 21.5 Å². The summed E-state index contributed by atoms with van der Waals surface area (Å²) >= 11 is 11.9. The highest BCUT2D eigenvalue weighted by atomic mass is 35.5. The predicted molar refractivity (Wildman–Crippen MR) is 73.5 cm³/mol. The van der Waals surface area contributed by atoms with Crippen LogP contribution in [0, 0.1) is 5.82 Å². The van der Waals surface area contributed by atoms with E-state index in [4.69, 9.17) is 23.2 Å². The van der Waals surface area contributed by atoms with Gasteiger partial charge in [0.2, 0.25) is 0 Å². The average molecular weight is 286 g/mol. The molecule has 0 aliphatic rings. The molecule has 2 aromatic rings. The lowest BCUT2D eigenvalue weighted by atomic mass is 10.3. The number of pyridine rings is 1. The van der Waals surface area contributed by atoms with Crippen LogP contribution in [-0.2, 0) is 0 Å². The summed E-state index contributed by atoms with van der Waals surface area (Å²) < 4.78 is 13.0. The van der Waals surface area contributed by atoms with Crippen LogP contribution < -0.4 is 10.6 Å². The molecule has 2 N–H and O–H groups in total. The van der Waals surface area contributed by atoms with E-state index in [0.717, 1.165) is 5.69 Å². The van der Waals surface area contributed by atoms with E-state index >= 15 is 0 Å². The molecule has 0 aliphatic heterocycles. The number of anilines is 3. The van der Waals surface area contributed by atoms with Crippen molar-refractivity contribution in [2.45, 2.75) is 0 Å². The van der Waals surface area contributed by atoms with Gasteiger partial charge in [-0.1, -0.05) is 23.2 Å². The van der Waals surface area contributed by atoms with E-state index in [2.05, 4.69) is 15.6 Å². The van der Waals surface area contributed by atoms with Gasteiger partial charge >= 0.3 is 0 Å². The Morgan fingerprint density at radius 3 is 2.28 bits per heavy atom. The zero-order valence-electron chi connectivity index (χ0n) is 9.47. The maximum Gasteiger partial charge on any atom is 0.126 e. The van der Waals surface area contributed by atoms with E-state index in [1.165, 1.54) is 12.1 Å². The fourth-order valence-corrected chi connectivity index (χ4v) is 2.01. The highest BCUT2D eigenvalue weighted by Gasteiger charge is 2.09. The van der Waals surface area contributed by atoms with Crippen molar-refractivity contribution in [3.8, 4) is 0 Å². The van der Waals surface area contributed by atoms with E-state index in [1.807, 2.05) is 6.07 Å². The molecule has 0 radical (unpaired) electrons. The van der Waals surface area contributed by atoms with Crippen LogP contribution in [0.25, 0.3) is 0 Å². The van der Waals surface area contributed by atoms with Gasteiger partial charge in [0.1, 0.15) is 5.82 Å². The standard InChI is InChI=1S/C12H10Cl2FN3/c1-16-8-4-9(6-17-5-8)18-12-10(13)2-7(15)3-11(12)14/h2-6,16,18H,1H3. The fourth-order valence-electron chi connectivity index (χ4n) is 1.45. The van der Waals surface area contributed by atoms with Crippen LogP contribution in [0.1, 0.15) is 0 Å². The monoisotopic (exact) mass is 285 g/mol. The van der Waals surface area contributed by atoms with Gasteiger partial charge in [-0.25, -0.2) is 4.39 Å². The van der Waals surface area contributed by atoms with Crippen molar-refractivity contribution in [1.29, 1.82) is 0 Å². The first-order valence-electron chi connectivity index (χ1n) is 5.14. The molecule has 0 spiro atoms. The Morgan fingerprint density at radius 2 is 1.67 bits per heavy atom. The Hall–Kier alpha value is -1.52. The molecule has 1 aromatic heterocycles. The molecule has 2 rings (SSSR count). The van der Waals surface area contributed by atoms with Crippen molar-refractivity contribution in [3.05, 3.63) is 46.5 Å². The SMILES string of the molecule is CNc1cncc(Nc2c(Cl)cc(F)cc2Cl)c1. The summed E-state index contributed by atoms with van der Waals surface area (Å²) in [4.78, 5) is 4.04. The molecule has 1 heterocycles. The van der Waals surface area contributed by atoms with E-state index < -0.39 is 5.82 Å². The molecule has 0 unspecified atom stereocenters. The van der Waals surface area contributed by atoms with Crippen LogP contribution >= 0.6 is 23.2 Å². The first kappa shape index (κ1) is 12.9. The second-order valence-corrected chi connectivity index (χ2v) is 4.40. The van der Waals surface area contributed by atoms with Gasteiger partial charge in [0.15, 0.2) is 0 Å². The van der Waals surface area contributed by atoms with Crippen molar-refractivity contribution in [2.24, 2.45) is 0 Å². The van der Waals surface area contributed by atoms with E-state index in [0.29, 0.717) is 11.4 Å². The highest BCUT2D eigenvalue weighted by Crippen LogP contribution is 2.33. The molecule has 6 heteroatoms. The Labute approximate surface area is 114 Å². The minimum absolute atomic E-state index is 0.217. The molecule has 0 bridgehead atoms. The highest BCUT2D eigenvalue weighted by molar-refractivity contribution is 6.39. The van der Waals surface area contributed by atoms with E-state index in [9.17, 15) is 4.39 Å². The van der Waals surface area contributed by atoms with E-state index in [-0.39, 0.29) is 10.0 Å². The molecule has 0 fully saturated rings. The Balaban J connectivity index is 2.33. The summed E-state index contributed by atoms with van der Waals surface area (Å²) in [5.41, 5.74) is 2.00. The number of nitrogens with zero attached hydrogens (tertiary/aromatic N) is 1. The van der Waals surface area contributed by atoms with Gasteiger partial charge in [-0.15, -0.1) is 0 Å². The quantitative estimate of drug-likeness (QED) is 0.882. The molecule has 0 saturated heterocycles.